The fourth-order valence-electron chi connectivity index (χ4n) is 2.79. The van der Waals surface area contributed by atoms with Crippen LogP contribution in [-0.4, -0.2) is 31.6 Å². The molecule has 2 aromatic rings. The molecule has 0 aromatic heterocycles. The van der Waals surface area contributed by atoms with Gasteiger partial charge in [0.25, 0.3) is 5.91 Å². The second kappa shape index (κ2) is 10.5. The van der Waals surface area contributed by atoms with E-state index in [0.717, 1.165) is 31.2 Å². The first-order valence-electron chi connectivity index (χ1n) is 10.3. The van der Waals surface area contributed by atoms with Crippen LogP contribution >= 0.6 is 0 Å². The third kappa shape index (κ3) is 6.37. The summed E-state index contributed by atoms with van der Waals surface area (Å²) in [5, 5.41) is 5.73. The molecule has 2 N–H and O–H groups in total. The first-order valence-corrected chi connectivity index (χ1v) is 10.3. The van der Waals surface area contributed by atoms with Gasteiger partial charge in [-0.1, -0.05) is 19.4 Å². The molecule has 0 saturated heterocycles. The normalized spacial score (nSPS) is 13.1. The predicted octanol–water partition coefficient (Wildman–Crippen LogP) is 4.42. The minimum atomic E-state index is -0.257. The van der Waals surface area contributed by atoms with Crippen LogP contribution in [0.25, 0.3) is 6.08 Å². The van der Waals surface area contributed by atoms with Crippen molar-refractivity contribution in [2.75, 3.05) is 19.0 Å². The molecule has 0 unspecified atom stereocenters. The Morgan fingerprint density at radius 2 is 1.87 bits per heavy atom. The van der Waals surface area contributed by atoms with Crippen LogP contribution in [0.1, 0.15) is 48.5 Å². The summed E-state index contributed by atoms with van der Waals surface area (Å²) in [6.45, 7) is 2.76. The van der Waals surface area contributed by atoms with Crippen LogP contribution in [0.15, 0.2) is 48.5 Å². The Bertz CT molecular complexity index is 902. The molecule has 2 aromatic carbocycles. The van der Waals surface area contributed by atoms with Crippen molar-refractivity contribution in [3.05, 3.63) is 59.7 Å². The lowest BCUT2D eigenvalue weighted by atomic mass is 10.1. The van der Waals surface area contributed by atoms with E-state index in [4.69, 9.17) is 9.47 Å². The Labute approximate surface area is 177 Å². The van der Waals surface area contributed by atoms with Crippen LogP contribution in [0.3, 0.4) is 0 Å². The van der Waals surface area contributed by atoms with E-state index in [-0.39, 0.29) is 11.8 Å². The number of hydrogen-bond acceptors (Lipinski definition) is 4. The smallest absolute Gasteiger partial charge is 0.251 e. The molecule has 30 heavy (non-hydrogen) atoms. The molecule has 1 aliphatic carbocycles. The van der Waals surface area contributed by atoms with Gasteiger partial charge in [0.05, 0.1) is 13.7 Å². The maximum absolute atomic E-state index is 12.2. The van der Waals surface area contributed by atoms with Gasteiger partial charge in [0, 0.05) is 23.4 Å². The fraction of sp³-hybridized carbons (Fsp3) is 0.333. The number of benzene rings is 2. The first-order chi connectivity index (χ1) is 14.6. The Morgan fingerprint density at radius 3 is 2.53 bits per heavy atom. The number of methoxy groups -OCH3 is 1. The number of carbonyl (C=O) groups excluding carboxylic acids is 2. The van der Waals surface area contributed by atoms with Crippen molar-refractivity contribution >= 4 is 23.6 Å². The Balaban J connectivity index is 1.55. The molecule has 0 aliphatic heterocycles. The van der Waals surface area contributed by atoms with Crippen LogP contribution < -0.4 is 20.1 Å². The number of amides is 2. The number of nitrogens with one attached hydrogen (secondary N) is 2. The van der Waals surface area contributed by atoms with Gasteiger partial charge in [-0.05, 0) is 67.3 Å². The zero-order chi connectivity index (χ0) is 21.3. The lowest BCUT2D eigenvalue weighted by molar-refractivity contribution is -0.111. The lowest BCUT2D eigenvalue weighted by Gasteiger charge is -2.11. The van der Waals surface area contributed by atoms with E-state index in [1.54, 1.807) is 37.5 Å². The summed E-state index contributed by atoms with van der Waals surface area (Å²) in [7, 11) is 1.59. The van der Waals surface area contributed by atoms with Crippen molar-refractivity contribution < 1.29 is 19.1 Å². The standard InChI is InChI=1S/C24H28N2O4/c1-3-4-15-30-21-13-5-17(16-22(21)29-2)6-14-23(27)25-19-9-7-18(8-10-19)24(28)26-20-11-12-20/h5-10,13-14,16,20H,3-4,11-12,15H2,1-2H3,(H,25,27)(H,26,28)/b14-6+. The highest BCUT2D eigenvalue weighted by Crippen LogP contribution is 2.28. The SMILES string of the molecule is CCCCOc1ccc(/C=C/C(=O)Nc2ccc(C(=O)NC3CC3)cc2)cc1OC. The van der Waals surface area contributed by atoms with Crippen LogP contribution in [0, 0.1) is 0 Å². The molecule has 6 nitrogen and oxygen atoms in total. The maximum Gasteiger partial charge on any atom is 0.251 e. The predicted molar refractivity (Wildman–Crippen MR) is 118 cm³/mol. The van der Waals surface area contributed by atoms with Crippen LogP contribution in [0.5, 0.6) is 11.5 Å². The maximum atomic E-state index is 12.2. The van der Waals surface area contributed by atoms with Gasteiger partial charge in [-0.15, -0.1) is 0 Å². The number of hydrogen-bond donors (Lipinski definition) is 2. The van der Waals surface area contributed by atoms with E-state index in [9.17, 15) is 9.59 Å². The molecule has 1 aliphatic rings. The average molecular weight is 408 g/mol. The molecule has 0 atom stereocenters. The highest BCUT2D eigenvalue weighted by atomic mass is 16.5. The summed E-state index contributed by atoms with van der Waals surface area (Å²) in [6, 6.07) is 12.7. The van der Waals surface area contributed by atoms with Crippen molar-refractivity contribution in [3.8, 4) is 11.5 Å². The Kier molecular flexibility index (Phi) is 7.49. The molecule has 158 valence electrons. The Morgan fingerprint density at radius 1 is 1.10 bits per heavy atom. The molecule has 2 amide bonds. The quantitative estimate of drug-likeness (QED) is 0.451. The fourth-order valence-corrected chi connectivity index (χ4v) is 2.79. The molecular formula is C24H28N2O4. The van der Waals surface area contributed by atoms with E-state index in [1.807, 2.05) is 18.2 Å². The molecule has 1 saturated carbocycles. The topological polar surface area (TPSA) is 76.7 Å². The molecule has 6 heteroatoms. The largest absolute Gasteiger partial charge is 0.493 e. The van der Waals surface area contributed by atoms with Crippen LogP contribution in [-0.2, 0) is 4.79 Å². The van der Waals surface area contributed by atoms with Gasteiger partial charge < -0.3 is 20.1 Å². The molecule has 0 heterocycles. The number of carbonyl (C=O) groups is 2. The van der Waals surface area contributed by atoms with E-state index in [1.165, 1.54) is 6.08 Å². The number of unbranched alkanes of at least 4 members (excludes halogenated alkanes) is 1. The van der Waals surface area contributed by atoms with E-state index in [2.05, 4.69) is 17.6 Å². The second-order valence-electron chi connectivity index (χ2n) is 7.26. The summed E-state index contributed by atoms with van der Waals surface area (Å²) < 4.78 is 11.1. The second-order valence-corrected chi connectivity index (χ2v) is 7.26. The molecule has 0 bridgehead atoms. The minimum Gasteiger partial charge on any atom is -0.493 e. The number of anilines is 1. The zero-order valence-electron chi connectivity index (χ0n) is 17.4. The average Bonchev–Trinajstić information content (AvgIpc) is 3.57. The highest BCUT2D eigenvalue weighted by Gasteiger charge is 2.23. The van der Waals surface area contributed by atoms with E-state index in [0.29, 0.717) is 35.4 Å². The molecule has 0 spiro atoms. The number of rotatable bonds is 10. The van der Waals surface area contributed by atoms with Crippen LogP contribution in [0.4, 0.5) is 5.69 Å². The molecular weight excluding hydrogens is 380 g/mol. The monoisotopic (exact) mass is 408 g/mol. The van der Waals surface area contributed by atoms with E-state index < -0.39 is 0 Å². The van der Waals surface area contributed by atoms with Gasteiger partial charge in [-0.2, -0.15) is 0 Å². The van der Waals surface area contributed by atoms with Gasteiger partial charge >= 0.3 is 0 Å². The highest BCUT2D eigenvalue weighted by molar-refractivity contribution is 6.02. The first kappa shape index (κ1) is 21.4. The van der Waals surface area contributed by atoms with Gasteiger partial charge in [0.15, 0.2) is 11.5 Å². The molecule has 1 fully saturated rings. The zero-order valence-corrected chi connectivity index (χ0v) is 17.4. The van der Waals surface area contributed by atoms with Crippen molar-refractivity contribution in [3.63, 3.8) is 0 Å². The van der Waals surface area contributed by atoms with Crippen molar-refractivity contribution in [2.45, 2.75) is 38.6 Å². The van der Waals surface area contributed by atoms with Crippen molar-refractivity contribution in [1.82, 2.24) is 5.32 Å². The van der Waals surface area contributed by atoms with Crippen molar-refractivity contribution in [2.24, 2.45) is 0 Å². The van der Waals surface area contributed by atoms with E-state index >= 15 is 0 Å². The summed E-state index contributed by atoms with van der Waals surface area (Å²) in [4.78, 5) is 24.2. The number of ether oxygens (including phenoxy) is 2. The lowest BCUT2D eigenvalue weighted by Crippen LogP contribution is -2.25. The third-order valence-electron chi connectivity index (χ3n) is 4.70. The summed E-state index contributed by atoms with van der Waals surface area (Å²) in [5.74, 6) is 0.992. The minimum absolute atomic E-state index is 0.0775. The Hall–Kier alpha value is -3.28. The third-order valence-corrected chi connectivity index (χ3v) is 4.70. The molecule has 3 rings (SSSR count). The van der Waals surface area contributed by atoms with Gasteiger partial charge in [0.1, 0.15) is 0 Å². The summed E-state index contributed by atoms with van der Waals surface area (Å²) in [6.07, 6.45) is 7.32. The van der Waals surface area contributed by atoms with Gasteiger partial charge in [-0.25, -0.2) is 0 Å². The summed E-state index contributed by atoms with van der Waals surface area (Å²) in [5.41, 5.74) is 2.05. The van der Waals surface area contributed by atoms with Crippen molar-refractivity contribution in [1.29, 1.82) is 0 Å². The van der Waals surface area contributed by atoms with Crippen LogP contribution in [0.2, 0.25) is 0 Å². The molecule has 0 radical (unpaired) electrons. The van der Waals surface area contributed by atoms with Gasteiger partial charge in [0.2, 0.25) is 5.91 Å². The van der Waals surface area contributed by atoms with Gasteiger partial charge in [-0.3, -0.25) is 9.59 Å². The summed E-state index contributed by atoms with van der Waals surface area (Å²) >= 11 is 0.